The number of carboxylic acid groups (broad SMARTS) is 1. The number of rotatable bonds is 8. The molecule has 1 aromatic heterocycles. The first kappa shape index (κ1) is 16.5. The molecular formula is C15H23N3O4. The molecule has 122 valence electrons. The zero-order valence-electron chi connectivity index (χ0n) is 13.0. The van der Waals surface area contributed by atoms with Crippen LogP contribution in [0.5, 0.6) is 0 Å². The lowest BCUT2D eigenvalue weighted by molar-refractivity contribution is -0.144. The largest absolute Gasteiger partial charge is 0.480 e. The van der Waals surface area contributed by atoms with Crippen LogP contribution in [0.25, 0.3) is 0 Å². The van der Waals surface area contributed by atoms with E-state index in [0.29, 0.717) is 24.8 Å². The molecule has 0 spiro atoms. The summed E-state index contributed by atoms with van der Waals surface area (Å²) < 4.78 is 5.20. The number of carboxylic acids is 1. The normalized spacial score (nSPS) is 15.1. The van der Waals surface area contributed by atoms with Crippen molar-refractivity contribution in [3.05, 3.63) is 11.7 Å². The third kappa shape index (κ3) is 4.54. The van der Waals surface area contributed by atoms with Gasteiger partial charge in [-0.1, -0.05) is 24.9 Å². The number of nitrogens with zero attached hydrogens (tertiary/aromatic N) is 3. The number of aromatic nitrogens is 2. The van der Waals surface area contributed by atoms with Gasteiger partial charge < -0.3 is 14.5 Å². The van der Waals surface area contributed by atoms with Crippen LogP contribution in [0.15, 0.2) is 4.52 Å². The zero-order valence-corrected chi connectivity index (χ0v) is 13.0. The lowest BCUT2D eigenvalue weighted by Crippen LogP contribution is -2.36. The van der Waals surface area contributed by atoms with Gasteiger partial charge in [0.15, 0.2) is 5.82 Å². The number of hydrogen-bond donors (Lipinski definition) is 1. The number of aryl methyl sites for hydroxylation is 1. The van der Waals surface area contributed by atoms with Crippen LogP contribution in [0.1, 0.15) is 63.1 Å². The predicted octanol–water partition coefficient (Wildman–Crippen LogP) is 1.98. The van der Waals surface area contributed by atoms with E-state index in [0.717, 1.165) is 25.1 Å². The van der Waals surface area contributed by atoms with Crippen molar-refractivity contribution < 1.29 is 19.2 Å². The van der Waals surface area contributed by atoms with Gasteiger partial charge in [0.05, 0.1) is 0 Å². The van der Waals surface area contributed by atoms with Gasteiger partial charge in [0, 0.05) is 25.3 Å². The molecule has 7 nitrogen and oxygen atoms in total. The van der Waals surface area contributed by atoms with Crippen LogP contribution in [-0.4, -0.2) is 45.1 Å². The molecule has 7 heteroatoms. The summed E-state index contributed by atoms with van der Waals surface area (Å²) in [6, 6.07) is 0. The summed E-state index contributed by atoms with van der Waals surface area (Å²) in [6.07, 6.45) is 5.88. The highest BCUT2D eigenvalue weighted by Crippen LogP contribution is 2.32. The summed E-state index contributed by atoms with van der Waals surface area (Å²) in [7, 11) is 0. The first-order valence-electron chi connectivity index (χ1n) is 7.92. The molecule has 1 fully saturated rings. The van der Waals surface area contributed by atoms with Gasteiger partial charge in [0.1, 0.15) is 6.54 Å². The van der Waals surface area contributed by atoms with Gasteiger partial charge in [0.2, 0.25) is 11.8 Å². The zero-order chi connectivity index (χ0) is 15.9. The van der Waals surface area contributed by atoms with E-state index in [9.17, 15) is 9.59 Å². The summed E-state index contributed by atoms with van der Waals surface area (Å²) in [5.74, 6) is 0.405. The van der Waals surface area contributed by atoms with E-state index in [1.807, 2.05) is 6.92 Å². The lowest BCUT2D eigenvalue weighted by Gasteiger charge is -2.19. The smallest absolute Gasteiger partial charge is 0.323 e. The fourth-order valence-corrected chi connectivity index (χ4v) is 2.82. The molecule has 2 rings (SSSR count). The quantitative estimate of drug-likeness (QED) is 0.788. The van der Waals surface area contributed by atoms with Crippen molar-refractivity contribution >= 4 is 11.9 Å². The highest BCUT2D eigenvalue weighted by atomic mass is 16.5. The molecule has 1 N–H and O–H groups in total. The van der Waals surface area contributed by atoms with Crippen LogP contribution >= 0.6 is 0 Å². The molecule has 0 bridgehead atoms. The maximum atomic E-state index is 12.1. The molecule has 0 aliphatic heterocycles. The highest BCUT2D eigenvalue weighted by Gasteiger charge is 2.23. The number of carbonyl (C=O) groups excluding carboxylic acids is 1. The Morgan fingerprint density at radius 3 is 2.73 bits per heavy atom. The minimum Gasteiger partial charge on any atom is -0.480 e. The Hall–Kier alpha value is -1.92. The second-order valence-electron chi connectivity index (χ2n) is 5.74. The SMILES string of the molecule is CCCN(CC(=O)O)C(=O)CCc1nc(C2CCCC2)no1. The van der Waals surface area contributed by atoms with Crippen molar-refractivity contribution in [3.63, 3.8) is 0 Å². The number of aliphatic carboxylic acids is 1. The lowest BCUT2D eigenvalue weighted by atomic mass is 10.1. The van der Waals surface area contributed by atoms with Crippen LogP contribution in [0, 0.1) is 0 Å². The van der Waals surface area contributed by atoms with Crippen molar-refractivity contribution in [2.75, 3.05) is 13.1 Å². The molecule has 0 saturated heterocycles. The Morgan fingerprint density at radius 1 is 1.36 bits per heavy atom. The molecule has 22 heavy (non-hydrogen) atoms. The van der Waals surface area contributed by atoms with Gasteiger partial charge in [0.25, 0.3) is 0 Å². The Labute approximate surface area is 129 Å². The molecule has 0 unspecified atom stereocenters. The maximum absolute atomic E-state index is 12.1. The summed E-state index contributed by atoms with van der Waals surface area (Å²) >= 11 is 0. The molecule has 1 aromatic rings. The van der Waals surface area contributed by atoms with Crippen LogP contribution in [0.4, 0.5) is 0 Å². The van der Waals surface area contributed by atoms with E-state index in [1.54, 1.807) is 0 Å². The van der Waals surface area contributed by atoms with Gasteiger partial charge in [-0.25, -0.2) is 0 Å². The third-order valence-corrected chi connectivity index (χ3v) is 3.93. The van der Waals surface area contributed by atoms with Crippen LogP contribution < -0.4 is 0 Å². The molecule has 1 aliphatic carbocycles. The Morgan fingerprint density at radius 2 is 2.09 bits per heavy atom. The summed E-state index contributed by atoms with van der Waals surface area (Å²) in [6.45, 7) is 2.10. The first-order chi connectivity index (χ1) is 10.6. The van der Waals surface area contributed by atoms with Gasteiger partial charge in [-0.3, -0.25) is 9.59 Å². The second kappa shape index (κ2) is 7.91. The molecule has 0 atom stereocenters. The monoisotopic (exact) mass is 309 g/mol. The summed E-state index contributed by atoms with van der Waals surface area (Å²) in [5, 5.41) is 12.8. The van der Waals surface area contributed by atoms with Gasteiger partial charge in [-0.05, 0) is 19.3 Å². The van der Waals surface area contributed by atoms with E-state index in [1.165, 1.54) is 17.7 Å². The average Bonchev–Trinajstić information content (AvgIpc) is 3.14. The number of carbonyl (C=O) groups is 2. The number of amides is 1. The number of hydrogen-bond acceptors (Lipinski definition) is 5. The molecule has 1 amide bonds. The fraction of sp³-hybridized carbons (Fsp3) is 0.733. The van der Waals surface area contributed by atoms with Crippen molar-refractivity contribution in [1.82, 2.24) is 15.0 Å². The van der Waals surface area contributed by atoms with E-state index in [4.69, 9.17) is 9.63 Å². The maximum Gasteiger partial charge on any atom is 0.323 e. The summed E-state index contributed by atoms with van der Waals surface area (Å²) in [4.78, 5) is 28.6. The van der Waals surface area contributed by atoms with E-state index in [-0.39, 0.29) is 18.9 Å². The minimum atomic E-state index is -0.997. The van der Waals surface area contributed by atoms with Crippen molar-refractivity contribution in [3.8, 4) is 0 Å². The fourth-order valence-electron chi connectivity index (χ4n) is 2.82. The van der Waals surface area contributed by atoms with Crippen LogP contribution in [0.2, 0.25) is 0 Å². The van der Waals surface area contributed by atoms with E-state index < -0.39 is 5.97 Å². The van der Waals surface area contributed by atoms with Gasteiger partial charge in [-0.2, -0.15) is 4.98 Å². The van der Waals surface area contributed by atoms with Crippen molar-refractivity contribution in [2.45, 2.75) is 57.8 Å². The predicted molar refractivity (Wildman–Crippen MR) is 78.3 cm³/mol. The molecular weight excluding hydrogens is 286 g/mol. The summed E-state index contributed by atoms with van der Waals surface area (Å²) in [5.41, 5.74) is 0. The Kier molecular flexibility index (Phi) is 5.91. The molecule has 1 heterocycles. The van der Waals surface area contributed by atoms with Gasteiger partial charge >= 0.3 is 5.97 Å². The van der Waals surface area contributed by atoms with E-state index >= 15 is 0 Å². The van der Waals surface area contributed by atoms with Crippen molar-refractivity contribution in [1.29, 1.82) is 0 Å². The topological polar surface area (TPSA) is 96.5 Å². The molecule has 0 aromatic carbocycles. The van der Waals surface area contributed by atoms with E-state index in [2.05, 4.69) is 10.1 Å². The average molecular weight is 309 g/mol. The highest BCUT2D eigenvalue weighted by molar-refractivity contribution is 5.81. The molecule has 0 radical (unpaired) electrons. The van der Waals surface area contributed by atoms with Crippen LogP contribution in [-0.2, 0) is 16.0 Å². The van der Waals surface area contributed by atoms with Crippen molar-refractivity contribution in [2.24, 2.45) is 0 Å². The standard InChI is InChI=1S/C15H23N3O4/c1-2-9-18(10-14(20)21)13(19)8-7-12-16-15(17-22-12)11-5-3-4-6-11/h11H,2-10H2,1H3,(H,20,21). The Bertz CT molecular complexity index is 509. The Balaban J connectivity index is 1.85. The van der Waals surface area contributed by atoms with Gasteiger partial charge in [-0.15, -0.1) is 0 Å². The molecule has 1 aliphatic rings. The first-order valence-corrected chi connectivity index (χ1v) is 7.92. The minimum absolute atomic E-state index is 0.190. The third-order valence-electron chi connectivity index (χ3n) is 3.93. The molecule has 1 saturated carbocycles. The van der Waals surface area contributed by atoms with Crippen LogP contribution in [0.3, 0.4) is 0 Å². The second-order valence-corrected chi connectivity index (χ2v) is 5.74.